The molecule has 4 N–H and O–H groups in total. The van der Waals surface area contributed by atoms with Crippen LogP contribution in [0.3, 0.4) is 0 Å². The molecule has 130 valence electrons. The molecule has 0 amide bonds. The van der Waals surface area contributed by atoms with Crippen molar-refractivity contribution in [1.29, 1.82) is 0 Å². The molecule has 23 heavy (non-hydrogen) atoms. The van der Waals surface area contributed by atoms with Crippen LogP contribution in [-0.4, -0.2) is 35.8 Å². The van der Waals surface area contributed by atoms with Crippen molar-refractivity contribution in [1.82, 2.24) is 0 Å². The molecule has 1 aliphatic rings. The van der Waals surface area contributed by atoms with Crippen molar-refractivity contribution in [3.8, 4) is 0 Å². The Morgan fingerprint density at radius 2 is 1.96 bits per heavy atom. The molecule has 2 atom stereocenters. The molecule has 0 heterocycles. The van der Waals surface area contributed by atoms with E-state index >= 15 is 0 Å². The second kappa shape index (κ2) is 8.68. The number of aliphatic carboxylic acids is 1. The van der Waals surface area contributed by atoms with Crippen molar-refractivity contribution in [2.75, 3.05) is 6.54 Å². The number of hydrogen-bond donors (Lipinski definition) is 4. The predicted octanol–water partition coefficient (Wildman–Crippen LogP) is 2.21. The highest BCUT2D eigenvalue weighted by Gasteiger charge is 2.46. The van der Waals surface area contributed by atoms with Gasteiger partial charge in [-0.15, -0.1) is 0 Å². The van der Waals surface area contributed by atoms with Crippen LogP contribution in [-0.2, 0) is 14.9 Å². The molecule has 1 aliphatic carbocycles. The van der Waals surface area contributed by atoms with Gasteiger partial charge in [-0.3, -0.25) is 9.35 Å². The highest BCUT2D eigenvalue weighted by atomic mass is 32.2. The van der Waals surface area contributed by atoms with Crippen LogP contribution < -0.4 is 5.73 Å². The van der Waals surface area contributed by atoms with E-state index in [1.165, 1.54) is 12.1 Å². The third-order valence-corrected chi connectivity index (χ3v) is 5.65. The Morgan fingerprint density at radius 3 is 2.30 bits per heavy atom. The molecule has 2 rings (SSSR count). The lowest BCUT2D eigenvalue weighted by atomic mass is 9.81. The fourth-order valence-corrected chi connectivity index (χ4v) is 3.76. The van der Waals surface area contributed by atoms with Gasteiger partial charge in [0.2, 0.25) is 0 Å². The SMILES string of the molecule is NCCC[C@@]1(C(=O)O)CCC[C@@H]1S.O=S(=O)(O)c1ccccc1. The smallest absolute Gasteiger partial charge is 0.310 e. The number of benzene rings is 1. The van der Waals surface area contributed by atoms with Crippen molar-refractivity contribution in [2.45, 2.75) is 42.2 Å². The van der Waals surface area contributed by atoms with Crippen molar-refractivity contribution in [3.05, 3.63) is 30.3 Å². The van der Waals surface area contributed by atoms with E-state index in [0.29, 0.717) is 13.0 Å². The maximum atomic E-state index is 11.2. The summed E-state index contributed by atoms with van der Waals surface area (Å²) in [5, 5.41) is 9.18. The fraction of sp³-hybridized carbons (Fsp3) is 0.533. The number of rotatable bonds is 5. The molecule has 8 heteroatoms. The van der Waals surface area contributed by atoms with E-state index in [9.17, 15) is 18.3 Å². The summed E-state index contributed by atoms with van der Waals surface area (Å²) in [6.45, 7) is 0.565. The van der Waals surface area contributed by atoms with Crippen LogP contribution >= 0.6 is 12.6 Å². The van der Waals surface area contributed by atoms with Crippen molar-refractivity contribution >= 4 is 28.7 Å². The van der Waals surface area contributed by atoms with Crippen LogP contribution in [0.15, 0.2) is 35.2 Å². The molecular weight excluding hydrogens is 338 g/mol. The average Bonchev–Trinajstić information content (AvgIpc) is 2.88. The first-order valence-electron chi connectivity index (χ1n) is 7.38. The summed E-state index contributed by atoms with van der Waals surface area (Å²) in [4.78, 5) is 11.1. The molecule has 1 saturated carbocycles. The van der Waals surface area contributed by atoms with Crippen molar-refractivity contribution in [2.24, 2.45) is 11.1 Å². The molecule has 0 aliphatic heterocycles. The van der Waals surface area contributed by atoms with Crippen LogP contribution in [0.5, 0.6) is 0 Å². The lowest BCUT2D eigenvalue weighted by Crippen LogP contribution is -2.36. The Labute approximate surface area is 142 Å². The summed E-state index contributed by atoms with van der Waals surface area (Å²) in [6, 6.07) is 7.42. The standard InChI is InChI=1S/C9H17NO2S.C6H6O3S/c10-6-2-5-9(8(11)12)4-1-3-7(9)13;7-10(8,9)6-4-2-1-3-5-6/h7,13H,1-6,10H2,(H,11,12);1-5H,(H,7,8,9)/t7-,9-;/m0./s1. The van der Waals surface area contributed by atoms with Crippen LogP contribution in [0.1, 0.15) is 32.1 Å². The minimum atomic E-state index is -4.00. The van der Waals surface area contributed by atoms with Gasteiger partial charge in [-0.05, 0) is 44.4 Å². The monoisotopic (exact) mass is 361 g/mol. The zero-order valence-corrected chi connectivity index (χ0v) is 14.5. The van der Waals surface area contributed by atoms with Gasteiger partial charge in [0.1, 0.15) is 0 Å². The summed E-state index contributed by atoms with van der Waals surface area (Å²) >= 11 is 4.36. The first-order chi connectivity index (χ1) is 10.7. The molecule has 0 saturated heterocycles. The Hall–Kier alpha value is -1.09. The molecule has 0 unspecified atom stereocenters. The summed E-state index contributed by atoms with van der Waals surface area (Å²) in [7, 11) is -4.00. The predicted molar refractivity (Wildman–Crippen MR) is 91.2 cm³/mol. The van der Waals surface area contributed by atoms with E-state index < -0.39 is 21.5 Å². The van der Waals surface area contributed by atoms with E-state index in [0.717, 1.165) is 25.7 Å². The third-order valence-electron chi connectivity index (χ3n) is 4.03. The highest BCUT2D eigenvalue weighted by Crippen LogP contribution is 2.45. The van der Waals surface area contributed by atoms with Gasteiger partial charge in [0, 0.05) is 5.25 Å². The third kappa shape index (κ3) is 5.49. The molecule has 1 aromatic rings. The maximum Gasteiger partial charge on any atom is 0.310 e. The van der Waals surface area contributed by atoms with Gasteiger partial charge in [0.25, 0.3) is 10.1 Å². The molecule has 1 aromatic carbocycles. The lowest BCUT2D eigenvalue weighted by Gasteiger charge is -2.28. The Morgan fingerprint density at radius 1 is 1.35 bits per heavy atom. The van der Waals surface area contributed by atoms with E-state index in [-0.39, 0.29) is 10.1 Å². The van der Waals surface area contributed by atoms with Gasteiger partial charge in [-0.1, -0.05) is 24.6 Å². The van der Waals surface area contributed by atoms with Gasteiger partial charge in [0.15, 0.2) is 0 Å². The number of nitrogens with two attached hydrogens (primary N) is 1. The zero-order chi connectivity index (χ0) is 17.5. The van der Waals surface area contributed by atoms with Crippen LogP contribution in [0.4, 0.5) is 0 Å². The van der Waals surface area contributed by atoms with Crippen LogP contribution in [0.25, 0.3) is 0 Å². The second-order valence-electron chi connectivity index (χ2n) is 5.55. The number of hydrogen-bond acceptors (Lipinski definition) is 5. The molecule has 0 spiro atoms. The number of carboxylic acid groups (broad SMARTS) is 1. The summed E-state index contributed by atoms with van der Waals surface area (Å²) in [5.41, 5.74) is 4.80. The first-order valence-corrected chi connectivity index (χ1v) is 9.34. The van der Waals surface area contributed by atoms with E-state index in [1.54, 1.807) is 18.2 Å². The molecule has 0 radical (unpaired) electrons. The van der Waals surface area contributed by atoms with Crippen molar-refractivity contribution in [3.63, 3.8) is 0 Å². The second-order valence-corrected chi connectivity index (χ2v) is 7.59. The molecular formula is C15H23NO5S2. The van der Waals surface area contributed by atoms with E-state index in [4.69, 9.17) is 10.3 Å². The average molecular weight is 361 g/mol. The first kappa shape index (κ1) is 20.0. The van der Waals surface area contributed by atoms with Crippen LogP contribution in [0, 0.1) is 5.41 Å². The van der Waals surface area contributed by atoms with Crippen LogP contribution in [0.2, 0.25) is 0 Å². The van der Waals surface area contributed by atoms with Gasteiger partial charge in [0.05, 0.1) is 10.3 Å². The molecule has 1 fully saturated rings. The zero-order valence-electron chi connectivity index (χ0n) is 12.8. The minimum absolute atomic E-state index is 0.0107. The number of thiol groups is 1. The quantitative estimate of drug-likeness (QED) is 0.472. The highest BCUT2D eigenvalue weighted by molar-refractivity contribution is 7.85. The Balaban J connectivity index is 0.000000238. The fourth-order valence-electron chi connectivity index (χ4n) is 2.71. The molecule has 0 bridgehead atoms. The summed E-state index contributed by atoms with van der Waals surface area (Å²) in [6.07, 6.45) is 4.11. The van der Waals surface area contributed by atoms with Gasteiger partial charge in [-0.2, -0.15) is 21.0 Å². The Bertz CT molecular complexity index is 606. The largest absolute Gasteiger partial charge is 0.481 e. The molecule has 6 nitrogen and oxygen atoms in total. The van der Waals surface area contributed by atoms with E-state index in [1.807, 2.05) is 0 Å². The van der Waals surface area contributed by atoms with Gasteiger partial charge >= 0.3 is 5.97 Å². The normalized spacial score (nSPS) is 23.9. The minimum Gasteiger partial charge on any atom is -0.481 e. The summed E-state index contributed by atoms with van der Waals surface area (Å²) in [5.74, 6) is -0.696. The maximum absolute atomic E-state index is 11.2. The van der Waals surface area contributed by atoms with Gasteiger partial charge < -0.3 is 10.8 Å². The van der Waals surface area contributed by atoms with E-state index in [2.05, 4.69) is 12.6 Å². The Kier molecular flexibility index (Phi) is 7.53. The van der Waals surface area contributed by atoms with Crippen molar-refractivity contribution < 1.29 is 22.9 Å². The lowest BCUT2D eigenvalue weighted by molar-refractivity contribution is -0.148. The summed E-state index contributed by atoms with van der Waals surface area (Å²) < 4.78 is 29.2. The number of carboxylic acids is 1. The number of carbonyl (C=O) groups is 1. The molecule has 0 aromatic heterocycles. The van der Waals surface area contributed by atoms with Gasteiger partial charge in [-0.25, -0.2) is 0 Å². The topological polar surface area (TPSA) is 118 Å².